The third kappa shape index (κ3) is 3.83. The zero-order valence-electron chi connectivity index (χ0n) is 17.3. The van der Waals surface area contributed by atoms with Gasteiger partial charge in [0.1, 0.15) is 0 Å². The molecule has 4 fully saturated rings. The molecule has 6 heteroatoms. The van der Waals surface area contributed by atoms with Crippen LogP contribution in [0.1, 0.15) is 60.7 Å². The minimum Gasteiger partial charge on any atom is -0.381 e. The minimum absolute atomic E-state index is 0. The molecule has 1 amide bonds. The van der Waals surface area contributed by atoms with E-state index in [4.69, 9.17) is 4.74 Å². The van der Waals surface area contributed by atoms with Crippen molar-refractivity contribution in [2.45, 2.75) is 57.0 Å². The molecule has 0 aliphatic carbocycles. The summed E-state index contributed by atoms with van der Waals surface area (Å²) in [5, 5.41) is 4.59. The summed E-state index contributed by atoms with van der Waals surface area (Å²) in [6.07, 6.45) is 4.60. The number of rotatable bonds is 3. The number of carbonyl (C=O) groups is 1. The van der Waals surface area contributed by atoms with E-state index in [1.807, 2.05) is 0 Å². The summed E-state index contributed by atoms with van der Waals surface area (Å²) >= 11 is 1.64. The van der Waals surface area contributed by atoms with Crippen molar-refractivity contribution < 1.29 is 9.53 Å². The molecule has 1 aromatic carbocycles. The molecule has 5 heterocycles. The van der Waals surface area contributed by atoms with E-state index in [2.05, 4.69) is 48.3 Å². The van der Waals surface area contributed by atoms with Crippen LogP contribution in [0.3, 0.4) is 0 Å². The van der Waals surface area contributed by atoms with Gasteiger partial charge in [-0.05, 0) is 87.5 Å². The average Bonchev–Trinajstić information content (AvgIpc) is 3.15. The predicted molar refractivity (Wildman–Crippen MR) is 121 cm³/mol. The van der Waals surface area contributed by atoms with Gasteiger partial charge in [0.05, 0.1) is 4.88 Å². The van der Waals surface area contributed by atoms with E-state index >= 15 is 0 Å². The Morgan fingerprint density at radius 1 is 1.14 bits per heavy atom. The van der Waals surface area contributed by atoms with Gasteiger partial charge in [-0.1, -0.05) is 12.1 Å². The monoisotopic (exact) mass is 434 g/mol. The molecule has 0 saturated carbocycles. The average molecular weight is 435 g/mol. The van der Waals surface area contributed by atoms with Crippen molar-refractivity contribution in [1.82, 2.24) is 10.2 Å². The first-order valence-corrected chi connectivity index (χ1v) is 11.5. The van der Waals surface area contributed by atoms with Crippen LogP contribution in [0.4, 0.5) is 0 Å². The molecule has 1 N–H and O–H groups in total. The van der Waals surface area contributed by atoms with Gasteiger partial charge in [-0.15, -0.1) is 23.7 Å². The van der Waals surface area contributed by atoms with E-state index in [0.29, 0.717) is 11.8 Å². The molecule has 2 aromatic rings. The fourth-order valence-electron chi connectivity index (χ4n) is 5.53. The summed E-state index contributed by atoms with van der Waals surface area (Å²) in [4.78, 5) is 16.5. The van der Waals surface area contributed by atoms with Crippen LogP contribution in [-0.2, 0) is 4.74 Å². The molecule has 29 heavy (non-hydrogen) atoms. The first-order valence-electron chi connectivity index (χ1n) is 10.7. The summed E-state index contributed by atoms with van der Waals surface area (Å²) in [7, 11) is 0. The smallest absolute Gasteiger partial charge is 0.261 e. The third-order valence-electron chi connectivity index (χ3n) is 7.33. The number of thiophene rings is 1. The van der Waals surface area contributed by atoms with Crippen molar-refractivity contribution in [2.75, 3.05) is 26.3 Å². The number of nitrogens with zero attached hydrogens (tertiary/aromatic N) is 1. The topological polar surface area (TPSA) is 41.6 Å². The van der Waals surface area contributed by atoms with Gasteiger partial charge < -0.3 is 10.1 Å². The maximum absolute atomic E-state index is 13.1. The van der Waals surface area contributed by atoms with Crippen molar-refractivity contribution in [3.05, 3.63) is 34.7 Å². The molecule has 0 radical (unpaired) electrons. The number of carbonyl (C=O) groups excluding carboxylic acids is 1. The van der Waals surface area contributed by atoms with Crippen molar-refractivity contribution in [3.63, 3.8) is 0 Å². The highest BCUT2D eigenvalue weighted by Crippen LogP contribution is 2.39. The maximum Gasteiger partial charge on any atom is 0.261 e. The molecule has 4 aliphatic rings. The Morgan fingerprint density at radius 2 is 1.86 bits per heavy atom. The van der Waals surface area contributed by atoms with Gasteiger partial charge in [0.2, 0.25) is 0 Å². The summed E-state index contributed by atoms with van der Waals surface area (Å²) in [5.41, 5.74) is 1.44. The maximum atomic E-state index is 13.1. The molecule has 1 atom stereocenters. The normalized spacial score (nSPS) is 28.8. The molecular formula is C23H31ClN2O2S. The summed E-state index contributed by atoms with van der Waals surface area (Å²) in [5.74, 6) is 1.30. The lowest BCUT2D eigenvalue weighted by Crippen LogP contribution is -2.69. The van der Waals surface area contributed by atoms with E-state index in [-0.39, 0.29) is 29.9 Å². The van der Waals surface area contributed by atoms with Gasteiger partial charge in [-0.3, -0.25) is 9.69 Å². The molecule has 2 bridgehead atoms. The lowest BCUT2D eigenvalue weighted by Gasteiger charge is -2.56. The van der Waals surface area contributed by atoms with E-state index in [9.17, 15) is 4.79 Å². The van der Waals surface area contributed by atoms with Crippen molar-refractivity contribution in [1.29, 1.82) is 0 Å². The number of halogens is 1. The van der Waals surface area contributed by atoms with Crippen LogP contribution in [0.15, 0.2) is 24.3 Å². The highest BCUT2D eigenvalue weighted by molar-refractivity contribution is 7.20. The second kappa shape index (κ2) is 8.18. The van der Waals surface area contributed by atoms with Gasteiger partial charge in [0.25, 0.3) is 5.91 Å². The van der Waals surface area contributed by atoms with Gasteiger partial charge in [-0.25, -0.2) is 0 Å². The molecule has 1 unspecified atom stereocenters. The zero-order valence-corrected chi connectivity index (χ0v) is 18.9. The summed E-state index contributed by atoms with van der Waals surface area (Å²) in [6.45, 7) is 8.62. The van der Waals surface area contributed by atoms with Gasteiger partial charge in [-0.2, -0.15) is 0 Å². The van der Waals surface area contributed by atoms with Crippen molar-refractivity contribution in [2.24, 2.45) is 5.92 Å². The van der Waals surface area contributed by atoms with E-state index < -0.39 is 0 Å². The quantitative estimate of drug-likeness (QED) is 0.752. The lowest BCUT2D eigenvalue weighted by atomic mass is 9.72. The SMILES string of the molecule is CC1(C)C(NC(=O)c2cc3ccc(C4CCOCC4)cc3s2)C2CCN1CC2.Cl. The van der Waals surface area contributed by atoms with Crippen LogP contribution in [0.2, 0.25) is 0 Å². The molecular weight excluding hydrogens is 404 g/mol. The van der Waals surface area contributed by atoms with Crippen LogP contribution in [0, 0.1) is 5.92 Å². The Hall–Kier alpha value is -1.14. The van der Waals surface area contributed by atoms with Crippen LogP contribution in [-0.4, -0.2) is 48.7 Å². The number of fused-ring (bicyclic) bond motifs is 4. The van der Waals surface area contributed by atoms with Gasteiger partial charge >= 0.3 is 0 Å². The van der Waals surface area contributed by atoms with Crippen LogP contribution in [0.25, 0.3) is 10.1 Å². The number of amides is 1. The number of benzene rings is 1. The van der Waals surface area contributed by atoms with Crippen LogP contribution >= 0.6 is 23.7 Å². The number of hydrogen-bond donors (Lipinski definition) is 1. The van der Waals surface area contributed by atoms with Crippen molar-refractivity contribution >= 4 is 39.7 Å². The Kier molecular flexibility index (Phi) is 5.95. The molecule has 158 valence electrons. The largest absolute Gasteiger partial charge is 0.381 e. The summed E-state index contributed by atoms with van der Waals surface area (Å²) in [6, 6.07) is 9.03. The first kappa shape index (κ1) is 21.1. The zero-order chi connectivity index (χ0) is 19.3. The first-order chi connectivity index (χ1) is 13.5. The predicted octanol–water partition coefficient (Wildman–Crippen LogP) is 4.82. The van der Waals surface area contributed by atoms with E-state index in [1.165, 1.54) is 41.6 Å². The van der Waals surface area contributed by atoms with Crippen molar-refractivity contribution in [3.8, 4) is 0 Å². The fraction of sp³-hybridized carbons (Fsp3) is 0.609. The fourth-order valence-corrected chi connectivity index (χ4v) is 6.55. The second-order valence-corrected chi connectivity index (χ2v) is 10.3. The third-order valence-corrected chi connectivity index (χ3v) is 8.43. The Balaban J connectivity index is 0.00000205. The molecule has 1 aromatic heterocycles. The van der Waals surface area contributed by atoms with Crippen LogP contribution < -0.4 is 5.32 Å². The standard InChI is InChI=1S/C23H30N2O2S.ClH/c1-23(2)21(16-5-9-25(23)10-6-16)24-22(26)20-14-18-4-3-17(13-19(18)28-20)15-7-11-27-12-8-15;/h3-4,13-16,21H,5-12H2,1-2H3,(H,24,26);1H. The second-order valence-electron chi connectivity index (χ2n) is 9.22. The minimum atomic E-state index is 0. The van der Waals surface area contributed by atoms with E-state index in [0.717, 1.165) is 30.9 Å². The molecule has 6 rings (SSSR count). The number of nitrogens with one attached hydrogen (secondary N) is 1. The molecule has 4 nitrogen and oxygen atoms in total. The van der Waals surface area contributed by atoms with Gasteiger partial charge in [0, 0.05) is 29.5 Å². The van der Waals surface area contributed by atoms with Crippen LogP contribution in [0.5, 0.6) is 0 Å². The molecule has 4 aliphatic heterocycles. The number of ether oxygens (including phenoxy) is 1. The number of hydrogen-bond acceptors (Lipinski definition) is 4. The van der Waals surface area contributed by atoms with Gasteiger partial charge in [0.15, 0.2) is 0 Å². The highest BCUT2D eigenvalue weighted by Gasteiger charge is 2.48. The highest BCUT2D eigenvalue weighted by atomic mass is 35.5. The summed E-state index contributed by atoms with van der Waals surface area (Å²) < 4.78 is 6.72. The molecule has 4 saturated heterocycles. The van der Waals surface area contributed by atoms with E-state index in [1.54, 1.807) is 11.3 Å². The number of piperidine rings is 3. The lowest BCUT2D eigenvalue weighted by molar-refractivity contribution is -0.0377. The Morgan fingerprint density at radius 3 is 2.55 bits per heavy atom. The Bertz CT molecular complexity index is 882. The Labute approximate surface area is 183 Å². The molecule has 0 spiro atoms.